The fourth-order valence-electron chi connectivity index (χ4n) is 3.01. The smallest absolute Gasteiger partial charge is 0.110 e. The van der Waals surface area contributed by atoms with Crippen LogP contribution < -0.4 is 5.32 Å². The molecule has 3 rings (SSSR count). The fourth-order valence-corrected chi connectivity index (χ4v) is 3.01. The van der Waals surface area contributed by atoms with Crippen molar-refractivity contribution in [2.75, 3.05) is 18.5 Å². The summed E-state index contributed by atoms with van der Waals surface area (Å²) in [6.45, 7) is 0.108. The molecule has 1 aromatic carbocycles. The van der Waals surface area contributed by atoms with Crippen molar-refractivity contribution < 1.29 is 10.2 Å². The second kappa shape index (κ2) is 6.45. The van der Waals surface area contributed by atoms with Crippen LogP contribution in [0.4, 0.5) is 5.69 Å². The molecule has 2 aromatic rings. The number of nitrogens with zero attached hydrogens (tertiary/aromatic N) is 1. The fraction of sp³-hybridized carbons (Fsp3) is 0.562. The number of anilines is 1. The van der Waals surface area contributed by atoms with E-state index in [1.54, 1.807) is 0 Å². The maximum Gasteiger partial charge on any atom is 0.110 e. The summed E-state index contributed by atoms with van der Waals surface area (Å²) < 4.78 is 0. The first-order chi connectivity index (χ1) is 10.3. The van der Waals surface area contributed by atoms with Crippen LogP contribution in [0.1, 0.15) is 43.8 Å². The predicted molar refractivity (Wildman–Crippen MR) is 83.5 cm³/mol. The zero-order valence-electron chi connectivity index (χ0n) is 12.2. The normalized spacial score (nSPS) is 18.0. The Bertz CT molecular complexity index is 590. The lowest BCUT2D eigenvalue weighted by molar-refractivity contribution is 0.105. The van der Waals surface area contributed by atoms with Gasteiger partial charge in [0.1, 0.15) is 5.82 Å². The van der Waals surface area contributed by atoms with Crippen molar-refractivity contribution in [1.82, 2.24) is 9.97 Å². The Hall–Kier alpha value is -1.59. The minimum absolute atomic E-state index is 0.231. The molecule has 1 fully saturated rings. The van der Waals surface area contributed by atoms with E-state index in [1.807, 2.05) is 18.2 Å². The molecule has 1 unspecified atom stereocenters. The summed E-state index contributed by atoms with van der Waals surface area (Å²) in [4.78, 5) is 8.16. The summed E-state index contributed by atoms with van der Waals surface area (Å²) in [7, 11) is 0. The van der Waals surface area contributed by atoms with Gasteiger partial charge in [-0.3, -0.25) is 0 Å². The molecule has 21 heavy (non-hydrogen) atoms. The van der Waals surface area contributed by atoms with Crippen LogP contribution in [0.3, 0.4) is 0 Å². The number of H-pyrrole nitrogens is 1. The molecule has 1 aliphatic carbocycles. The van der Waals surface area contributed by atoms with Gasteiger partial charge < -0.3 is 20.5 Å². The van der Waals surface area contributed by atoms with E-state index in [0.29, 0.717) is 12.5 Å². The zero-order chi connectivity index (χ0) is 14.7. The highest BCUT2D eigenvalue weighted by Gasteiger charge is 2.18. The zero-order valence-corrected chi connectivity index (χ0v) is 12.2. The molecular formula is C16H23N3O2. The van der Waals surface area contributed by atoms with Gasteiger partial charge in [0.15, 0.2) is 0 Å². The van der Waals surface area contributed by atoms with E-state index in [9.17, 15) is 5.11 Å². The number of hydrogen-bond donors (Lipinski definition) is 4. The Balaban J connectivity index is 1.75. The molecule has 1 aromatic heterocycles. The number of rotatable bonds is 5. The van der Waals surface area contributed by atoms with Crippen molar-refractivity contribution in [2.24, 2.45) is 0 Å². The second-order valence-corrected chi connectivity index (χ2v) is 5.91. The summed E-state index contributed by atoms with van der Waals surface area (Å²) in [5.74, 6) is 1.68. The number of hydrogen-bond acceptors (Lipinski definition) is 4. The number of aromatic nitrogens is 2. The van der Waals surface area contributed by atoms with E-state index in [4.69, 9.17) is 10.1 Å². The van der Waals surface area contributed by atoms with Crippen LogP contribution >= 0.6 is 0 Å². The summed E-state index contributed by atoms with van der Waals surface area (Å²) in [5, 5.41) is 21.3. The highest BCUT2D eigenvalue weighted by Crippen LogP contribution is 2.32. The molecule has 0 radical (unpaired) electrons. The average molecular weight is 289 g/mol. The van der Waals surface area contributed by atoms with E-state index >= 15 is 0 Å². The van der Waals surface area contributed by atoms with Gasteiger partial charge in [-0.2, -0.15) is 0 Å². The lowest BCUT2D eigenvalue weighted by atomic mass is 9.89. The van der Waals surface area contributed by atoms with E-state index in [1.165, 1.54) is 32.1 Å². The molecule has 0 amide bonds. The molecule has 1 atom stereocenters. The largest absolute Gasteiger partial charge is 0.394 e. The third-order valence-corrected chi connectivity index (χ3v) is 4.24. The van der Waals surface area contributed by atoms with E-state index < -0.39 is 6.10 Å². The molecule has 4 N–H and O–H groups in total. The molecule has 0 saturated heterocycles. The standard InChI is InChI=1S/C16H23N3O2/c20-10-13(21)9-17-12-6-7-14-15(8-12)19-16(18-14)11-4-2-1-3-5-11/h6-8,11,13,17,20-21H,1-5,9-10H2,(H,18,19). The van der Waals surface area contributed by atoms with Crippen LogP contribution in [0.2, 0.25) is 0 Å². The maximum absolute atomic E-state index is 9.37. The molecule has 0 spiro atoms. The summed E-state index contributed by atoms with van der Waals surface area (Å²) in [5.41, 5.74) is 2.94. The van der Waals surface area contributed by atoms with Crippen LogP contribution in [0, 0.1) is 0 Å². The number of fused-ring (bicyclic) bond motifs is 1. The Kier molecular flexibility index (Phi) is 4.41. The van der Waals surface area contributed by atoms with Crippen molar-refractivity contribution in [1.29, 1.82) is 0 Å². The van der Waals surface area contributed by atoms with E-state index in [0.717, 1.165) is 22.5 Å². The maximum atomic E-state index is 9.37. The van der Waals surface area contributed by atoms with Gasteiger partial charge in [0.25, 0.3) is 0 Å². The quantitative estimate of drug-likeness (QED) is 0.681. The lowest BCUT2D eigenvalue weighted by Crippen LogP contribution is -2.22. The van der Waals surface area contributed by atoms with Crippen molar-refractivity contribution in [2.45, 2.75) is 44.1 Å². The third-order valence-electron chi connectivity index (χ3n) is 4.24. The highest BCUT2D eigenvalue weighted by molar-refractivity contribution is 5.79. The molecule has 5 nitrogen and oxygen atoms in total. The van der Waals surface area contributed by atoms with Crippen molar-refractivity contribution >= 4 is 16.7 Å². The Morgan fingerprint density at radius 3 is 2.86 bits per heavy atom. The molecule has 1 aliphatic rings. The van der Waals surface area contributed by atoms with Gasteiger partial charge in [0.2, 0.25) is 0 Å². The molecular weight excluding hydrogens is 266 g/mol. The number of aliphatic hydroxyl groups excluding tert-OH is 2. The number of nitrogens with one attached hydrogen (secondary N) is 2. The minimum atomic E-state index is -0.736. The van der Waals surface area contributed by atoms with Crippen molar-refractivity contribution in [3.8, 4) is 0 Å². The second-order valence-electron chi connectivity index (χ2n) is 5.91. The number of aromatic amines is 1. The van der Waals surface area contributed by atoms with Crippen LogP contribution in [-0.4, -0.2) is 39.4 Å². The van der Waals surface area contributed by atoms with Gasteiger partial charge in [0.05, 0.1) is 23.7 Å². The highest BCUT2D eigenvalue weighted by atomic mass is 16.3. The topological polar surface area (TPSA) is 81.2 Å². The van der Waals surface area contributed by atoms with Crippen LogP contribution in [0.25, 0.3) is 11.0 Å². The summed E-state index contributed by atoms with van der Waals surface area (Å²) >= 11 is 0. The average Bonchev–Trinajstić information content (AvgIpc) is 2.96. The van der Waals surface area contributed by atoms with Gasteiger partial charge in [-0.15, -0.1) is 0 Å². The molecule has 0 bridgehead atoms. The predicted octanol–water partition coefficient (Wildman–Crippen LogP) is 2.38. The summed E-state index contributed by atoms with van der Waals surface area (Å²) in [6.07, 6.45) is 5.67. The molecule has 5 heteroatoms. The molecule has 114 valence electrons. The molecule has 1 heterocycles. The van der Waals surface area contributed by atoms with E-state index in [2.05, 4.69) is 10.3 Å². The van der Waals surface area contributed by atoms with Crippen molar-refractivity contribution in [3.63, 3.8) is 0 Å². The van der Waals surface area contributed by atoms with Gasteiger partial charge in [-0.05, 0) is 31.0 Å². The Morgan fingerprint density at radius 1 is 1.29 bits per heavy atom. The minimum Gasteiger partial charge on any atom is -0.394 e. The first-order valence-electron chi connectivity index (χ1n) is 7.78. The SMILES string of the molecule is OCC(O)CNc1ccc2nc(C3CCCCC3)[nH]c2c1. The van der Waals surface area contributed by atoms with E-state index in [-0.39, 0.29) is 6.61 Å². The number of imidazole rings is 1. The lowest BCUT2D eigenvalue weighted by Gasteiger charge is -2.18. The summed E-state index contributed by atoms with van der Waals surface area (Å²) in [6, 6.07) is 5.96. The number of aliphatic hydroxyl groups is 2. The molecule has 0 aliphatic heterocycles. The first kappa shape index (κ1) is 14.4. The van der Waals surface area contributed by atoms with Gasteiger partial charge in [-0.25, -0.2) is 4.98 Å². The van der Waals surface area contributed by atoms with Crippen LogP contribution in [0.5, 0.6) is 0 Å². The third kappa shape index (κ3) is 3.36. The van der Waals surface area contributed by atoms with Gasteiger partial charge in [-0.1, -0.05) is 19.3 Å². The van der Waals surface area contributed by atoms with Crippen LogP contribution in [0.15, 0.2) is 18.2 Å². The number of benzene rings is 1. The Labute approximate surface area is 124 Å². The Morgan fingerprint density at radius 2 is 2.10 bits per heavy atom. The van der Waals surface area contributed by atoms with Crippen LogP contribution in [-0.2, 0) is 0 Å². The first-order valence-corrected chi connectivity index (χ1v) is 7.78. The van der Waals surface area contributed by atoms with Gasteiger partial charge in [0, 0.05) is 18.2 Å². The molecule has 1 saturated carbocycles. The van der Waals surface area contributed by atoms with Gasteiger partial charge >= 0.3 is 0 Å². The van der Waals surface area contributed by atoms with Crippen molar-refractivity contribution in [3.05, 3.63) is 24.0 Å². The monoisotopic (exact) mass is 289 g/mol.